The summed E-state index contributed by atoms with van der Waals surface area (Å²) in [5, 5.41) is 4.80. The number of methoxy groups -OCH3 is 1. The average molecular weight is 268 g/mol. The summed E-state index contributed by atoms with van der Waals surface area (Å²) in [6.07, 6.45) is 0. The quantitative estimate of drug-likeness (QED) is 0.910. The van der Waals surface area contributed by atoms with Crippen molar-refractivity contribution in [3.8, 4) is 10.8 Å². The van der Waals surface area contributed by atoms with Crippen LogP contribution in [0.25, 0.3) is 10.8 Å². The predicted molar refractivity (Wildman–Crippen MR) is 68.1 cm³/mol. The Morgan fingerprint density at radius 2 is 2.11 bits per heavy atom. The second kappa shape index (κ2) is 4.75. The molecule has 0 aromatic carbocycles. The predicted octanol–water partition coefficient (Wildman–Crippen LogP) is 1.84. The van der Waals surface area contributed by atoms with E-state index in [2.05, 4.69) is 15.1 Å². The Morgan fingerprint density at radius 1 is 1.39 bits per heavy atom. The van der Waals surface area contributed by atoms with Crippen LogP contribution in [0.1, 0.15) is 30.4 Å². The number of rotatable bonds is 4. The van der Waals surface area contributed by atoms with Crippen LogP contribution in [0.2, 0.25) is 0 Å². The van der Waals surface area contributed by atoms with Crippen molar-refractivity contribution in [3.63, 3.8) is 0 Å². The van der Waals surface area contributed by atoms with Crippen molar-refractivity contribution in [1.29, 1.82) is 0 Å². The Hall–Kier alpha value is -1.31. The third-order valence-corrected chi connectivity index (χ3v) is 3.85. The van der Waals surface area contributed by atoms with Gasteiger partial charge >= 0.3 is 0 Å². The molecule has 98 valence electrons. The van der Waals surface area contributed by atoms with Crippen LogP contribution in [0, 0.1) is 6.92 Å². The molecule has 0 aliphatic heterocycles. The van der Waals surface area contributed by atoms with E-state index in [9.17, 15) is 0 Å². The van der Waals surface area contributed by atoms with Gasteiger partial charge in [-0.15, -0.1) is 11.3 Å². The molecule has 18 heavy (non-hydrogen) atoms. The fraction of sp³-hybridized carbons (Fsp3) is 0.545. The second-order valence-corrected chi connectivity index (χ2v) is 5.45. The van der Waals surface area contributed by atoms with Gasteiger partial charge in [0, 0.05) is 13.7 Å². The molecule has 0 amide bonds. The lowest BCUT2D eigenvalue weighted by molar-refractivity contribution is 0.00973. The molecule has 0 unspecified atom stereocenters. The minimum absolute atomic E-state index is 0.413. The monoisotopic (exact) mass is 268 g/mol. The normalized spacial score (nSPS) is 12.1. The Bertz CT molecular complexity index is 547. The van der Waals surface area contributed by atoms with Crippen LogP contribution in [0.5, 0.6) is 0 Å². The fourth-order valence-electron chi connectivity index (χ4n) is 1.39. The summed E-state index contributed by atoms with van der Waals surface area (Å²) in [6.45, 7) is 6.07. The number of hydrogen-bond donors (Lipinski definition) is 1. The molecule has 0 saturated carbocycles. The van der Waals surface area contributed by atoms with Gasteiger partial charge in [-0.05, 0) is 20.8 Å². The third-order valence-electron chi connectivity index (χ3n) is 2.68. The van der Waals surface area contributed by atoms with Crippen molar-refractivity contribution < 1.29 is 9.26 Å². The molecule has 0 radical (unpaired) electrons. The van der Waals surface area contributed by atoms with E-state index in [0.29, 0.717) is 18.3 Å². The van der Waals surface area contributed by atoms with Crippen molar-refractivity contribution >= 4 is 11.3 Å². The highest BCUT2D eigenvalue weighted by Crippen LogP contribution is 2.30. The zero-order valence-corrected chi connectivity index (χ0v) is 11.7. The van der Waals surface area contributed by atoms with Crippen LogP contribution in [0.15, 0.2) is 4.52 Å². The molecule has 0 fully saturated rings. The third kappa shape index (κ3) is 2.29. The van der Waals surface area contributed by atoms with Gasteiger partial charge in [0.05, 0.1) is 5.69 Å². The number of aryl methyl sites for hydroxylation is 1. The SMILES string of the molecule is COC(C)(C)c1noc(-c2sc(CN)nc2C)n1. The largest absolute Gasteiger partial charge is 0.371 e. The van der Waals surface area contributed by atoms with E-state index in [4.69, 9.17) is 15.0 Å². The Balaban J connectivity index is 2.37. The van der Waals surface area contributed by atoms with E-state index in [-0.39, 0.29) is 0 Å². The van der Waals surface area contributed by atoms with Crippen molar-refractivity contribution in [2.24, 2.45) is 5.73 Å². The standard InChI is InChI=1S/C11H16N4O2S/c1-6-8(18-7(5-12)13-6)9-14-10(15-17-9)11(2,3)16-4/h5,12H2,1-4H3. The van der Waals surface area contributed by atoms with Gasteiger partial charge in [-0.2, -0.15) is 4.98 Å². The topological polar surface area (TPSA) is 87.1 Å². The molecular weight excluding hydrogens is 252 g/mol. The molecule has 2 heterocycles. The molecule has 0 spiro atoms. The Labute approximate surface area is 109 Å². The second-order valence-electron chi connectivity index (χ2n) is 4.36. The molecule has 0 aliphatic carbocycles. The van der Waals surface area contributed by atoms with Crippen LogP contribution in [-0.4, -0.2) is 22.2 Å². The van der Waals surface area contributed by atoms with Gasteiger partial charge < -0.3 is 15.0 Å². The number of nitrogens with zero attached hydrogens (tertiary/aromatic N) is 3. The molecule has 0 atom stereocenters. The molecule has 0 saturated heterocycles. The molecule has 7 heteroatoms. The highest BCUT2D eigenvalue weighted by atomic mass is 32.1. The fourth-order valence-corrected chi connectivity index (χ4v) is 2.25. The lowest BCUT2D eigenvalue weighted by Crippen LogP contribution is -2.21. The Morgan fingerprint density at radius 3 is 2.67 bits per heavy atom. The van der Waals surface area contributed by atoms with E-state index in [1.54, 1.807) is 7.11 Å². The van der Waals surface area contributed by atoms with Crippen molar-refractivity contribution in [3.05, 3.63) is 16.5 Å². The van der Waals surface area contributed by atoms with E-state index < -0.39 is 5.60 Å². The van der Waals surface area contributed by atoms with Gasteiger partial charge in [0.15, 0.2) is 0 Å². The summed E-state index contributed by atoms with van der Waals surface area (Å²) in [5.74, 6) is 0.979. The lowest BCUT2D eigenvalue weighted by atomic mass is 10.1. The number of thiazole rings is 1. The number of ether oxygens (including phenoxy) is 1. The maximum atomic E-state index is 5.57. The van der Waals surface area contributed by atoms with Gasteiger partial charge in [0.2, 0.25) is 5.82 Å². The van der Waals surface area contributed by atoms with Crippen LogP contribution in [-0.2, 0) is 16.9 Å². The number of hydrogen-bond acceptors (Lipinski definition) is 7. The summed E-state index contributed by atoms with van der Waals surface area (Å²) in [5.41, 5.74) is 5.85. The smallest absolute Gasteiger partial charge is 0.270 e. The van der Waals surface area contributed by atoms with Crippen molar-refractivity contribution in [2.45, 2.75) is 32.9 Å². The van der Waals surface area contributed by atoms with Gasteiger partial charge in [0.1, 0.15) is 15.5 Å². The maximum Gasteiger partial charge on any atom is 0.270 e. The first-order valence-corrected chi connectivity index (χ1v) is 6.35. The van der Waals surface area contributed by atoms with Gasteiger partial charge in [0.25, 0.3) is 5.89 Å². The van der Waals surface area contributed by atoms with Crippen molar-refractivity contribution in [1.82, 2.24) is 15.1 Å². The van der Waals surface area contributed by atoms with Crippen LogP contribution >= 0.6 is 11.3 Å². The van der Waals surface area contributed by atoms with Crippen LogP contribution < -0.4 is 5.73 Å². The van der Waals surface area contributed by atoms with Gasteiger partial charge in [-0.1, -0.05) is 5.16 Å². The molecule has 2 aromatic rings. The van der Waals surface area contributed by atoms with Gasteiger partial charge in [-0.25, -0.2) is 4.98 Å². The molecule has 2 aromatic heterocycles. The lowest BCUT2D eigenvalue weighted by Gasteiger charge is -2.17. The molecule has 0 aliphatic rings. The zero-order valence-electron chi connectivity index (χ0n) is 10.9. The summed E-state index contributed by atoms with van der Waals surface area (Å²) in [6, 6.07) is 0. The summed E-state index contributed by atoms with van der Waals surface area (Å²) < 4.78 is 10.6. The summed E-state index contributed by atoms with van der Waals surface area (Å²) in [7, 11) is 1.61. The van der Waals surface area contributed by atoms with E-state index in [1.165, 1.54) is 11.3 Å². The summed E-state index contributed by atoms with van der Waals surface area (Å²) in [4.78, 5) is 9.55. The molecule has 0 bridgehead atoms. The first-order chi connectivity index (χ1) is 8.47. The summed E-state index contributed by atoms with van der Waals surface area (Å²) >= 11 is 1.47. The average Bonchev–Trinajstić information content (AvgIpc) is 2.95. The highest BCUT2D eigenvalue weighted by Gasteiger charge is 2.27. The molecule has 2 rings (SSSR count). The molecular formula is C11H16N4O2S. The highest BCUT2D eigenvalue weighted by molar-refractivity contribution is 7.15. The van der Waals surface area contributed by atoms with Crippen LogP contribution in [0.3, 0.4) is 0 Å². The maximum absolute atomic E-state index is 5.57. The minimum atomic E-state index is -0.572. The van der Waals surface area contributed by atoms with E-state index in [0.717, 1.165) is 15.6 Å². The molecule has 6 nitrogen and oxygen atoms in total. The first-order valence-electron chi connectivity index (χ1n) is 5.54. The van der Waals surface area contributed by atoms with E-state index >= 15 is 0 Å². The zero-order chi connectivity index (χ0) is 13.3. The first kappa shape index (κ1) is 13.1. The minimum Gasteiger partial charge on any atom is -0.371 e. The Kier molecular flexibility index (Phi) is 3.47. The number of aromatic nitrogens is 3. The van der Waals surface area contributed by atoms with Crippen molar-refractivity contribution in [2.75, 3.05) is 7.11 Å². The van der Waals surface area contributed by atoms with E-state index in [1.807, 2.05) is 20.8 Å². The molecule has 2 N–H and O–H groups in total. The van der Waals surface area contributed by atoms with Gasteiger partial charge in [-0.3, -0.25) is 0 Å². The van der Waals surface area contributed by atoms with Crippen LogP contribution in [0.4, 0.5) is 0 Å². The number of nitrogens with two attached hydrogens (primary N) is 1.